The number of hydrogen-bond acceptors (Lipinski definition) is 3. The van der Waals surface area contributed by atoms with Crippen LogP contribution < -0.4 is 10.9 Å². The fourth-order valence-corrected chi connectivity index (χ4v) is 2.67. The summed E-state index contributed by atoms with van der Waals surface area (Å²) in [7, 11) is 0. The summed E-state index contributed by atoms with van der Waals surface area (Å²) < 4.78 is 27.9. The molecule has 144 valence electrons. The van der Waals surface area contributed by atoms with Gasteiger partial charge in [0.25, 0.3) is 5.56 Å². The number of hydrogen-bond donors (Lipinski definition) is 1. The Kier molecular flexibility index (Phi) is 5.93. The Labute approximate surface area is 160 Å². The monoisotopic (exact) mass is 383 g/mol. The second-order valence-electron chi connectivity index (χ2n) is 6.40. The number of benzene rings is 2. The second-order valence-corrected chi connectivity index (χ2v) is 6.40. The average molecular weight is 383 g/mol. The third-order valence-electron chi connectivity index (χ3n) is 4.24. The largest absolute Gasteiger partial charge is 0.326 e. The van der Waals surface area contributed by atoms with E-state index in [4.69, 9.17) is 0 Å². The topological polar surface area (TPSA) is 64.0 Å². The number of rotatable bonds is 6. The van der Waals surface area contributed by atoms with Crippen molar-refractivity contribution < 1.29 is 13.6 Å². The van der Waals surface area contributed by atoms with Crippen LogP contribution in [0.1, 0.15) is 18.4 Å². The van der Waals surface area contributed by atoms with E-state index in [9.17, 15) is 18.4 Å². The summed E-state index contributed by atoms with van der Waals surface area (Å²) in [4.78, 5) is 24.0. The highest BCUT2D eigenvalue weighted by Crippen LogP contribution is 2.16. The fraction of sp³-hybridized carbons (Fsp3) is 0.190. The molecule has 1 aromatic heterocycles. The minimum Gasteiger partial charge on any atom is -0.326 e. The van der Waals surface area contributed by atoms with Gasteiger partial charge < -0.3 is 5.32 Å². The Hall–Kier alpha value is -3.35. The van der Waals surface area contributed by atoms with Crippen molar-refractivity contribution in [3.05, 3.63) is 82.1 Å². The van der Waals surface area contributed by atoms with Gasteiger partial charge in [-0.15, -0.1) is 0 Å². The highest BCUT2D eigenvalue weighted by atomic mass is 19.1. The van der Waals surface area contributed by atoms with Crippen molar-refractivity contribution in [1.29, 1.82) is 0 Å². The van der Waals surface area contributed by atoms with Crippen LogP contribution in [0.2, 0.25) is 0 Å². The third-order valence-corrected chi connectivity index (χ3v) is 4.24. The molecule has 3 rings (SSSR count). The molecule has 0 saturated carbocycles. The SMILES string of the molecule is Cc1ccc(NC(=O)CCCn2nc(-c3ccc(F)cc3)ccc2=O)cc1F. The highest BCUT2D eigenvalue weighted by molar-refractivity contribution is 5.90. The lowest BCUT2D eigenvalue weighted by molar-refractivity contribution is -0.116. The van der Waals surface area contributed by atoms with Crippen molar-refractivity contribution in [3.63, 3.8) is 0 Å². The normalized spacial score (nSPS) is 10.7. The predicted octanol–water partition coefficient (Wildman–Crippen LogP) is 3.92. The molecule has 0 fully saturated rings. The molecule has 7 heteroatoms. The molecule has 0 aliphatic rings. The van der Waals surface area contributed by atoms with Gasteiger partial charge in [0.1, 0.15) is 11.6 Å². The minimum absolute atomic E-state index is 0.157. The van der Waals surface area contributed by atoms with E-state index < -0.39 is 0 Å². The van der Waals surface area contributed by atoms with E-state index in [-0.39, 0.29) is 36.1 Å². The Bertz CT molecular complexity index is 1050. The fourth-order valence-electron chi connectivity index (χ4n) is 2.67. The molecule has 0 spiro atoms. The first kappa shape index (κ1) is 19.4. The molecular weight excluding hydrogens is 364 g/mol. The van der Waals surface area contributed by atoms with Crippen LogP contribution in [0, 0.1) is 18.6 Å². The van der Waals surface area contributed by atoms with Gasteiger partial charge in [-0.25, -0.2) is 13.5 Å². The van der Waals surface area contributed by atoms with Crippen LogP contribution in [0.25, 0.3) is 11.3 Å². The van der Waals surface area contributed by atoms with E-state index in [0.29, 0.717) is 28.9 Å². The van der Waals surface area contributed by atoms with Gasteiger partial charge in [0, 0.05) is 30.3 Å². The molecule has 2 aromatic carbocycles. The number of carbonyl (C=O) groups is 1. The van der Waals surface area contributed by atoms with Gasteiger partial charge >= 0.3 is 0 Å². The number of aryl methyl sites for hydroxylation is 2. The van der Waals surface area contributed by atoms with E-state index >= 15 is 0 Å². The molecule has 1 amide bonds. The number of halogens is 2. The molecule has 0 unspecified atom stereocenters. The average Bonchev–Trinajstić information content (AvgIpc) is 2.67. The number of amides is 1. The maximum Gasteiger partial charge on any atom is 0.266 e. The van der Waals surface area contributed by atoms with Crippen molar-refractivity contribution in [2.75, 3.05) is 5.32 Å². The van der Waals surface area contributed by atoms with Gasteiger partial charge in [-0.05, 0) is 61.4 Å². The molecule has 0 radical (unpaired) electrons. The zero-order valence-corrected chi connectivity index (χ0v) is 15.3. The van der Waals surface area contributed by atoms with Crippen LogP contribution in [-0.4, -0.2) is 15.7 Å². The first-order valence-corrected chi connectivity index (χ1v) is 8.82. The highest BCUT2D eigenvalue weighted by Gasteiger charge is 2.07. The summed E-state index contributed by atoms with van der Waals surface area (Å²) in [5.41, 5.74) is 1.84. The summed E-state index contributed by atoms with van der Waals surface area (Å²) in [5.74, 6) is -1.01. The van der Waals surface area contributed by atoms with Gasteiger partial charge in [0.05, 0.1) is 5.69 Å². The predicted molar refractivity (Wildman–Crippen MR) is 103 cm³/mol. The zero-order chi connectivity index (χ0) is 20.1. The van der Waals surface area contributed by atoms with Gasteiger partial charge in [0.15, 0.2) is 0 Å². The van der Waals surface area contributed by atoms with E-state index in [2.05, 4.69) is 10.4 Å². The molecule has 1 heterocycles. The Balaban J connectivity index is 1.60. The summed E-state index contributed by atoms with van der Waals surface area (Å²) >= 11 is 0. The molecular formula is C21H19F2N3O2. The summed E-state index contributed by atoms with van der Waals surface area (Å²) in [6.07, 6.45) is 0.546. The Morgan fingerprint density at radius 2 is 1.82 bits per heavy atom. The Morgan fingerprint density at radius 3 is 2.54 bits per heavy atom. The van der Waals surface area contributed by atoms with Gasteiger partial charge in [0.2, 0.25) is 5.91 Å². The molecule has 3 aromatic rings. The molecule has 0 aliphatic carbocycles. The zero-order valence-electron chi connectivity index (χ0n) is 15.3. The molecule has 0 bridgehead atoms. The quantitative estimate of drug-likeness (QED) is 0.702. The summed E-state index contributed by atoms with van der Waals surface area (Å²) in [6, 6.07) is 13.3. The second kappa shape index (κ2) is 8.56. The smallest absolute Gasteiger partial charge is 0.266 e. The summed E-state index contributed by atoms with van der Waals surface area (Å²) in [5, 5.41) is 6.91. The number of carbonyl (C=O) groups excluding carboxylic acids is 1. The lowest BCUT2D eigenvalue weighted by atomic mass is 10.1. The van der Waals surface area contributed by atoms with Gasteiger partial charge in [-0.2, -0.15) is 5.10 Å². The van der Waals surface area contributed by atoms with Crippen LogP contribution in [0.5, 0.6) is 0 Å². The first-order valence-electron chi connectivity index (χ1n) is 8.82. The van der Waals surface area contributed by atoms with E-state index in [1.54, 1.807) is 37.3 Å². The van der Waals surface area contributed by atoms with E-state index in [1.165, 1.54) is 28.9 Å². The molecule has 0 aliphatic heterocycles. The van der Waals surface area contributed by atoms with Crippen LogP contribution >= 0.6 is 0 Å². The van der Waals surface area contributed by atoms with Crippen LogP contribution in [-0.2, 0) is 11.3 Å². The standard InChI is InChI=1S/C21H19F2N3O2/c1-14-4-9-17(13-18(14)23)24-20(27)3-2-12-26-21(28)11-10-19(25-26)15-5-7-16(22)8-6-15/h4-11,13H,2-3,12H2,1H3,(H,24,27). The molecule has 0 saturated heterocycles. The molecule has 1 N–H and O–H groups in total. The molecule has 28 heavy (non-hydrogen) atoms. The van der Waals surface area contributed by atoms with Gasteiger partial charge in [-0.1, -0.05) is 6.07 Å². The Morgan fingerprint density at radius 1 is 1.07 bits per heavy atom. The van der Waals surface area contributed by atoms with Crippen molar-refractivity contribution in [1.82, 2.24) is 9.78 Å². The molecule has 0 atom stereocenters. The molecule has 5 nitrogen and oxygen atoms in total. The van der Waals surface area contributed by atoms with Crippen LogP contribution in [0.4, 0.5) is 14.5 Å². The summed E-state index contributed by atoms with van der Waals surface area (Å²) in [6.45, 7) is 1.90. The van der Waals surface area contributed by atoms with Crippen LogP contribution in [0.3, 0.4) is 0 Å². The first-order chi connectivity index (χ1) is 13.4. The van der Waals surface area contributed by atoms with Crippen molar-refractivity contribution in [2.24, 2.45) is 0 Å². The van der Waals surface area contributed by atoms with E-state index in [0.717, 1.165) is 0 Å². The van der Waals surface area contributed by atoms with Gasteiger partial charge in [-0.3, -0.25) is 9.59 Å². The lowest BCUT2D eigenvalue weighted by Gasteiger charge is -2.08. The number of anilines is 1. The van der Waals surface area contributed by atoms with Crippen LogP contribution in [0.15, 0.2) is 59.4 Å². The maximum absolute atomic E-state index is 13.5. The van der Waals surface area contributed by atoms with Crippen molar-refractivity contribution >= 4 is 11.6 Å². The van der Waals surface area contributed by atoms with Crippen molar-refractivity contribution in [3.8, 4) is 11.3 Å². The number of nitrogens with one attached hydrogen (secondary N) is 1. The maximum atomic E-state index is 13.5. The minimum atomic E-state index is -0.383. The number of nitrogens with zero attached hydrogens (tertiary/aromatic N) is 2. The van der Waals surface area contributed by atoms with E-state index in [1.807, 2.05) is 0 Å². The third kappa shape index (κ3) is 4.88. The van der Waals surface area contributed by atoms with Crippen molar-refractivity contribution in [2.45, 2.75) is 26.3 Å². The lowest BCUT2D eigenvalue weighted by Crippen LogP contribution is -2.23. The number of aromatic nitrogens is 2.